The van der Waals surface area contributed by atoms with Gasteiger partial charge in [0.1, 0.15) is 6.54 Å². The van der Waals surface area contributed by atoms with Crippen molar-refractivity contribution >= 4 is 12.0 Å². The normalized spacial score (nSPS) is 17.6. The topological polar surface area (TPSA) is 109 Å². The number of hydrogen-bond acceptors (Lipinski definition) is 7. The first kappa shape index (κ1) is 33.8. The van der Waals surface area contributed by atoms with Crippen LogP contribution in [0.15, 0.2) is 109 Å². The molecule has 1 fully saturated rings. The fourth-order valence-corrected chi connectivity index (χ4v) is 5.59. The van der Waals surface area contributed by atoms with Gasteiger partial charge < -0.3 is 30.0 Å². The molecule has 47 heavy (non-hydrogen) atoms. The molecule has 9 heteroatoms. The number of aliphatic hydroxyl groups excluding tert-OH is 1. The highest BCUT2D eigenvalue weighted by atomic mass is 16.7. The third-order valence-corrected chi connectivity index (χ3v) is 7.98. The Kier molecular flexibility index (Phi) is 12.5. The average molecular weight is 638 g/mol. The lowest BCUT2D eigenvalue weighted by atomic mass is 9.99. The van der Waals surface area contributed by atoms with E-state index in [9.17, 15) is 14.7 Å². The zero-order valence-corrected chi connectivity index (χ0v) is 26.7. The van der Waals surface area contributed by atoms with Crippen LogP contribution in [0.1, 0.15) is 59.1 Å². The predicted molar refractivity (Wildman–Crippen MR) is 179 cm³/mol. The number of carbonyl (C=O) groups is 2. The maximum Gasteiger partial charge on any atom is 0.325 e. The first-order valence-electron chi connectivity index (χ1n) is 16.1. The second-order valence-electron chi connectivity index (χ2n) is 11.6. The molecule has 1 heterocycles. The molecule has 0 bridgehead atoms. The second kappa shape index (κ2) is 17.4. The molecule has 0 spiro atoms. The number of nitrogens with zero attached hydrogens (tertiary/aromatic N) is 1. The first-order chi connectivity index (χ1) is 23.0. The molecular weight excluding hydrogens is 594 g/mol. The quantitative estimate of drug-likeness (QED) is 0.150. The number of esters is 1. The lowest BCUT2D eigenvalue weighted by Crippen LogP contribution is -2.39. The van der Waals surface area contributed by atoms with Crippen LogP contribution in [-0.4, -0.2) is 47.8 Å². The van der Waals surface area contributed by atoms with Crippen LogP contribution < -0.4 is 10.6 Å². The van der Waals surface area contributed by atoms with Crippen LogP contribution in [0, 0.1) is 0 Å². The van der Waals surface area contributed by atoms with E-state index in [4.69, 9.17) is 14.2 Å². The van der Waals surface area contributed by atoms with E-state index in [2.05, 4.69) is 64.1 Å². The number of urea groups is 1. The zero-order valence-electron chi connectivity index (χ0n) is 26.7. The van der Waals surface area contributed by atoms with Gasteiger partial charge >= 0.3 is 12.0 Å². The lowest BCUT2D eigenvalue weighted by molar-refractivity contribution is -0.253. The van der Waals surface area contributed by atoms with Gasteiger partial charge in [-0.1, -0.05) is 109 Å². The van der Waals surface area contributed by atoms with Crippen LogP contribution in [0.25, 0.3) is 0 Å². The van der Waals surface area contributed by atoms with Crippen LogP contribution in [0.5, 0.6) is 0 Å². The molecular formula is C38H43N3O6. The smallest absolute Gasteiger partial charge is 0.325 e. The number of carbonyl (C=O) groups excluding carboxylic acids is 2. The van der Waals surface area contributed by atoms with Gasteiger partial charge in [0.05, 0.1) is 25.4 Å². The summed E-state index contributed by atoms with van der Waals surface area (Å²) in [5.41, 5.74) is 6.13. The zero-order chi connectivity index (χ0) is 32.8. The van der Waals surface area contributed by atoms with Crippen molar-refractivity contribution in [3.05, 3.63) is 143 Å². The van der Waals surface area contributed by atoms with E-state index in [0.717, 1.165) is 35.3 Å². The average Bonchev–Trinajstić information content (AvgIpc) is 3.11. The summed E-state index contributed by atoms with van der Waals surface area (Å²) >= 11 is 0. The van der Waals surface area contributed by atoms with Crippen molar-refractivity contribution in [1.29, 1.82) is 0 Å². The van der Waals surface area contributed by atoms with Gasteiger partial charge in [0.15, 0.2) is 6.29 Å². The van der Waals surface area contributed by atoms with E-state index in [1.807, 2.05) is 60.7 Å². The third kappa shape index (κ3) is 10.5. The molecule has 4 aromatic rings. The molecule has 9 nitrogen and oxygen atoms in total. The van der Waals surface area contributed by atoms with Crippen molar-refractivity contribution < 1.29 is 28.9 Å². The van der Waals surface area contributed by atoms with Gasteiger partial charge in [-0.15, -0.1) is 0 Å². The van der Waals surface area contributed by atoms with Crippen LogP contribution in [0.4, 0.5) is 4.79 Å². The fraction of sp³-hybridized carbons (Fsp3) is 0.316. The minimum absolute atomic E-state index is 0.0115. The molecule has 1 aliphatic heterocycles. The molecule has 0 radical (unpaired) electrons. The summed E-state index contributed by atoms with van der Waals surface area (Å²) in [6, 6.07) is 36.2. The molecule has 5 rings (SSSR count). The van der Waals surface area contributed by atoms with Gasteiger partial charge in [-0.25, -0.2) is 4.79 Å². The van der Waals surface area contributed by atoms with Gasteiger partial charge in [-0.05, 0) is 34.7 Å². The first-order valence-corrected chi connectivity index (χ1v) is 16.1. The Balaban J connectivity index is 1.30. The number of amides is 2. The van der Waals surface area contributed by atoms with Crippen LogP contribution in [0.3, 0.4) is 0 Å². The molecule has 246 valence electrons. The largest absolute Gasteiger partial charge is 0.465 e. The van der Waals surface area contributed by atoms with E-state index in [0.29, 0.717) is 13.0 Å². The predicted octanol–water partition coefficient (Wildman–Crippen LogP) is 5.79. The summed E-state index contributed by atoms with van der Waals surface area (Å²) in [6.45, 7) is 4.34. The number of nitrogens with one attached hydrogen (secondary N) is 2. The van der Waals surface area contributed by atoms with E-state index >= 15 is 0 Å². The van der Waals surface area contributed by atoms with Crippen LogP contribution in [-0.2, 0) is 45.2 Å². The standard InChI is InChI=1S/C38H43N3O6/c1-2-45-36(43)23-40-38(44)39-22-28-13-19-33(20-14-28)37-46-34(21-35(47-37)32-17-15-31(27-42)16-18-32)26-41(24-29-9-5-3-6-10-29)25-30-11-7-4-8-12-30/h3-20,34-35,37,42H,2,21-27H2,1H3,(H2,39,40,44)/t34-,35+,37+/m0/s1. The maximum absolute atomic E-state index is 12.1. The highest BCUT2D eigenvalue weighted by Crippen LogP contribution is 2.38. The molecule has 1 aliphatic rings. The van der Waals surface area contributed by atoms with Crippen molar-refractivity contribution in [3.8, 4) is 0 Å². The molecule has 1 saturated heterocycles. The second-order valence-corrected chi connectivity index (χ2v) is 11.6. The van der Waals surface area contributed by atoms with Gasteiger partial charge in [-0.3, -0.25) is 9.69 Å². The highest BCUT2D eigenvalue weighted by Gasteiger charge is 2.33. The van der Waals surface area contributed by atoms with Gasteiger partial charge in [0.2, 0.25) is 0 Å². The Bertz CT molecular complexity index is 1490. The Labute approximate surface area is 276 Å². The minimum Gasteiger partial charge on any atom is -0.465 e. The number of benzene rings is 4. The van der Waals surface area contributed by atoms with Gasteiger partial charge in [0, 0.05) is 38.2 Å². The number of aliphatic hydroxyl groups is 1. The van der Waals surface area contributed by atoms with Crippen LogP contribution in [0.2, 0.25) is 0 Å². The number of ether oxygens (including phenoxy) is 3. The fourth-order valence-electron chi connectivity index (χ4n) is 5.59. The van der Waals surface area contributed by atoms with Gasteiger partial charge in [0.25, 0.3) is 0 Å². The molecule has 0 saturated carbocycles. The maximum atomic E-state index is 12.1. The van der Waals surface area contributed by atoms with E-state index in [1.165, 1.54) is 11.1 Å². The summed E-state index contributed by atoms with van der Waals surface area (Å²) in [7, 11) is 0. The molecule has 3 N–H and O–H groups in total. The van der Waals surface area contributed by atoms with Crippen molar-refractivity contribution in [2.45, 2.75) is 58.1 Å². The molecule has 2 amide bonds. The Morgan fingerprint density at radius 2 is 1.36 bits per heavy atom. The summed E-state index contributed by atoms with van der Waals surface area (Å²) in [6.07, 6.45) is -0.237. The number of rotatable bonds is 14. The highest BCUT2D eigenvalue weighted by molar-refractivity contribution is 5.80. The van der Waals surface area contributed by atoms with E-state index < -0.39 is 18.3 Å². The summed E-state index contributed by atoms with van der Waals surface area (Å²) in [5.74, 6) is -0.483. The van der Waals surface area contributed by atoms with Crippen molar-refractivity contribution in [3.63, 3.8) is 0 Å². The van der Waals surface area contributed by atoms with Crippen molar-refractivity contribution in [1.82, 2.24) is 15.5 Å². The van der Waals surface area contributed by atoms with Crippen molar-refractivity contribution in [2.75, 3.05) is 19.7 Å². The van der Waals surface area contributed by atoms with Gasteiger partial charge in [-0.2, -0.15) is 0 Å². The SMILES string of the molecule is CCOC(=O)CNC(=O)NCc1ccc([C@@H]2O[C@H](CN(Cc3ccccc3)Cc3ccccc3)C[C@H](c3ccc(CO)cc3)O2)cc1. The monoisotopic (exact) mass is 637 g/mol. The summed E-state index contributed by atoms with van der Waals surface area (Å²) in [4.78, 5) is 26.0. The molecule has 3 atom stereocenters. The molecule has 4 aromatic carbocycles. The van der Waals surface area contributed by atoms with Crippen LogP contribution >= 0.6 is 0 Å². The number of hydrogen-bond donors (Lipinski definition) is 3. The summed E-state index contributed by atoms with van der Waals surface area (Å²) < 4.78 is 18.1. The molecule has 0 unspecified atom stereocenters. The minimum atomic E-state index is -0.596. The van der Waals surface area contributed by atoms with Crippen molar-refractivity contribution in [2.24, 2.45) is 0 Å². The lowest BCUT2D eigenvalue weighted by Gasteiger charge is -2.38. The molecule has 0 aliphatic carbocycles. The summed E-state index contributed by atoms with van der Waals surface area (Å²) in [5, 5.41) is 14.8. The Hall–Kier alpha value is -4.54. The van der Waals surface area contributed by atoms with E-state index in [-0.39, 0.29) is 38.5 Å². The Morgan fingerprint density at radius 3 is 1.96 bits per heavy atom. The Morgan fingerprint density at radius 1 is 0.766 bits per heavy atom. The third-order valence-electron chi connectivity index (χ3n) is 7.98. The van der Waals surface area contributed by atoms with E-state index in [1.54, 1.807) is 6.92 Å². The molecule has 0 aromatic heterocycles.